The van der Waals surface area contributed by atoms with Crippen LogP contribution in [0.4, 0.5) is 0 Å². The SMILES string of the molecule is NC(Cc1ccccc1Br)Cc1csc2ccccc12. The summed E-state index contributed by atoms with van der Waals surface area (Å²) >= 11 is 5.39. The van der Waals surface area contributed by atoms with E-state index in [9.17, 15) is 0 Å². The maximum Gasteiger partial charge on any atom is 0.0345 e. The molecule has 1 atom stereocenters. The van der Waals surface area contributed by atoms with Crippen molar-refractivity contribution in [2.24, 2.45) is 5.73 Å². The van der Waals surface area contributed by atoms with E-state index in [1.165, 1.54) is 21.2 Å². The highest BCUT2D eigenvalue weighted by Crippen LogP contribution is 2.27. The standard InChI is InChI=1S/C17H16BrNS/c18-16-7-3-1-5-12(16)9-14(19)10-13-11-20-17-8-4-2-6-15(13)17/h1-8,11,14H,9-10,19H2. The highest BCUT2D eigenvalue weighted by atomic mass is 79.9. The summed E-state index contributed by atoms with van der Waals surface area (Å²) in [4.78, 5) is 0. The predicted molar refractivity (Wildman–Crippen MR) is 91.4 cm³/mol. The first-order valence-electron chi connectivity index (χ1n) is 6.68. The van der Waals surface area contributed by atoms with E-state index in [2.05, 4.69) is 63.8 Å². The average Bonchev–Trinajstić information content (AvgIpc) is 2.85. The summed E-state index contributed by atoms with van der Waals surface area (Å²) in [6.07, 6.45) is 1.82. The van der Waals surface area contributed by atoms with Gasteiger partial charge in [0, 0.05) is 15.2 Å². The molecule has 3 heteroatoms. The second-order valence-electron chi connectivity index (χ2n) is 5.02. The molecule has 0 saturated carbocycles. The summed E-state index contributed by atoms with van der Waals surface area (Å²) in [6.45, 7) is 0. The van der Waals surface area contributed by atoms with Crippen LogP contribution in [0.5, 0.6) is 0 Å². The van der Waals surface area contributed by atoms with Gasteiger partial charge < -0.3 is 5.73 Å². The zero-order valence-electron chi connectivity index (χ0n) is 11.1. The van der Waals surface area contributed by atoms with Crippen molar-refractivity contribution >= 4 is 37.4 Å². The van der Waals surface area contributed by atoms with E-state index in [0.717, 1.165) is 17.3 Å². The first kappa shape index (κ1) is 13.8. The minimum absolute atomic E-state index is 0.145. The quantitative estimate of drug-likeness (QED) is 0.723. The lowest BCUT2D eigenvalue weighted by Gasteiger charge is -2.12. The van der Waals surface area contributed by atoms with E-state index < -0.39 is 0 Å². The van der Waals surface area contributed by atoms with Crippen LogP contribution in [0.3, 0.4) is 0 Å². The van der Waals surface area contributed by atoms with Gasteiger partial charge in [0.1, 0.15) is 0 Å². The van der Waals surface area contributed by atoms with Crippen LogP contribution in [-0.4, -0.2) is 6.04 Å². The average molecular weight is 346 g/mol. The Morgan fingerprint density at radius 3 is 2.50 bits per heavy atom. The van der Waals surface area contributed by atoms with Gasteiger partial charge in [-0.2, -0.15) is 0 Å². The third kappa shape index (κ3) is 2.95. The molecule has 0 bridgehead atoms. The molecule has 1 unspecified atom stereocenters. The van der Waals surface area contributed by atoms with Gasteiger partial charge in [-0.25, -0.2) is 0 Å². The lowest BCUT2D eigenvalue weighted by Crippen LogP contribution is -2.25. The van der Waals surface area contributed by atoms with Crippen LogP contribution in [0, 0.1) is 0 Å². The molecule has 0 amide bonds. The number of hydrogen-bond acceptors (Lipinski definition) is 2. The van der Waals surface area contributed by atoms with Gasteiger partial charge in [0.2, 0.25) is 0 Å². The lowest BCUT2D eigenvalue weighted by molar-refractivity contribution is 0.667. The van der Waals surface area contributed by atoms with Gasteiger partial charge in [0.05, 0.1) is 0 Å². The number of hydrogen-bond donors (Lipinski definition) is 1. The smallest absolute Gasteiger partial charge is 0.0345 e. The Bertz CT molecular complexity index is 720. The Kier molecular flexibility index (Phi) is 4.20. The van der Waals surface area contributed by atoms with Crippen molar-refractivity contribution in [3.8, 4) is 0 Å². The molecule has 0 spiro atoms. The largest absolute Gasteiger partial charge is 0.327 e. The number of rotatable bonds is 4. The van der Waals surface area contributed by atoms with Gasteiger partial charge in [0.15, 0.2) is 0 Å². The van der Waals surface area contributed by atoms with Crippen molar-refractivity contribution in [1.29, 1.82) is 0 Å². The maximum absolute atomic E-state index is 6.34. The fraction of sp³-hybridized carbons (Fsp3) is 0.176. The molecule has 2 N–H and O–H groups in total. The molecular formula is C17H16BrNS. The second kappa shape index (κ2) is 6.08. The summed E-state index contributed by atoms with van der Waals surface area (Å²) in [5, 5.41) is 3.59. The molecule has 2 aromatic carbocycles. The molecule has 0 fully saturated rings. The Morgan fingerprint density at radius 1 is 0.950 bits per heavy atom. The molecule has 1 aromatic heterocycles. The normalized spacial score (nSPS) is 12.7. The lowest BCUT2D eigenvalue weighted by atomic mass is 9.99. The number of nitrogens with two attached hydrogens (primary N) is 1. The van der Waals surface area contributed by atoms with Gasteiger partial charge in [-0.15, -0.1) is 11.3 Å². The zero-order valence-corrected chi connectivity index (χ0v) is 13.5. The van der Waals surface area contributed by atoms with E-state index in [1.807, 2.05) is 6.07 Å². The molecule has 0 aliphatic rings. The van der Waals surface area contributed by atoms with Crippen LogP contribution in [0.25, 0.3) is 10.1 Å². The monoisotopic (exact) mass is 345 g/mol. The highest BCUT2D eigenvalue weighted by molar-refractivity contribution is 9.10. The molecule has 3 aromatic rings. The molecular weight excluding hydrogens is 330 g/mol. The molecule has 3 rings (SSSR count). The molecule has 1 heterocycles. The van der Waals surface area contributed by atoms with E-state index in [0.29, 0.717) is 0 Å². The van der Waals surface area contributed by atoms with Crippen LogP contribution in [0.2, 0.25) is 0 Å². The van der Waals surface area contributed by atoms with Crippen LogP contribution < -0.4 is 5.73 Å². The van der Waals surface area contributed by atoms with E-state index in [4.69, 9.17) is 5.73 Å². The van der Waals surface area contributed by atoms with E-state index in [1.54, 1.807) is 11.3 Å². The highest BCUT2D eigenvalue weighted by Gasteiger charge is 2.11. The fourth-order valence-electron chi connectivity index (χ4n) is 2.49. The second-order valence-corrected chi connectivity index (χ2v) is 6.78. The summed E-state index contributed by atoms with van der Waals surface area (Å²) < 4.78 is 2.49. The number of fused-ring (bicyclic) bond motifs is 1. The van der Waals surface area contributed by atoms with Crippen molar-refractivity contribution < 1.29 is 0 Å². The first-order chi connectivity index (χ1) is 9.74. The third-order valence-electron chi connectivity index (χ3n) is 3.48. The summed E-state index contributed by atoms with van der Waals surface area (Å²) in [5.74, 6) is 0. The number of benzene rings is 2. The number of halogens is 1. The summed E-state index contributed by atoms with van der Waals surface area (Å²) in [6, 6.07) is 17.0. The molecule has 0 radical (unpaired) electrons. The van der Waals surface area contributed by atoms with Crippen LogP contribution in [0.15, 0.2) is 58.4 Å². The fourth-order valence-corrected chi connectivity index (χ4v) is 3.91. The Balaban J connectivity index is 1.76. The topological polar surface area (TPSA) is 26.0 Å². The molecule has 0 saturated heterocycles. The van der Waals surface area contributed by atoms with E-state index >= 15 is 0 Å². The molecule has 1 nitrogen and oxygen atoms in total. The van der Waals surface area contributed by atoms with Crippen molar-refractivity contribution in [1.82, 2.24) is 0 Å². The van der Waals surface area contributed by atoms with Crippen molar-refractivity contribution in [2.45, 2.75) is 18.9 Å². The summed E-state index contributed by atoms with van der Waals surface area (Å²) in [7, 11) is 0. The summed E-state index contributed by atoms with van der Waals surface area (Å²) in [5.41, 5.74) is 8.98. The molecule has 0 aliphatic heterocycles. The zero-order chi connectivity index (χ0) is 13.9. The van der Waals surface area contributed by atoms with Crippen LogP contribution in [0.1, 0.15) is 11.1 Å². The Labute approximate surface area is 131 Å². The van der Waals surface area contributed by atoms with Gasteiger partial charge in [-0.3, -0.25) is 0 Å². The Morgan fingerprint density at radius 2 is 1.65 bits per heavy atom. The van der Waals surface area contributed by atoms with Gasteiger partial charge >= 0.3 is 0 Å². The van der Waals surface area contributed by atoms with Crippen LogP contribution in [-0.2, 0) is 12.8 Å². The van der Waals surface area contributed by atoms with Crippen molar-refractivity contribution in [3.63, 3.8) is 0 Å². The van der Waals surface area contributed by atoms with Gasteiger partial charge in [0.25, 0.3) is 0 Å². The minimum atomic E-state index is 0.145. The minimum Gasteiger partial charge on any atom is -0.327 e. The van der Waals surface area contributed by atoms with Crippen LogP contribution >= 0.6 is 27.3 Å². The predicted octanol–water partition coefficient (Wildman–Crippen LogP) is 4.78. The van der Waals surface area contributed by atoms with Crippen molar-refractivity contribution in [3.05, 3.63) is 69.5 Å². The molecule has 102 valence electrons. The maximum atomic E-state index is 6.34. The third-order valence-corrected chi connectivity index (χ3v) is 5.27. The van der Waals surface area contributed by atoms with Gasteiger partial charge in [-0.1, -0.05) is 52.3 Å². The van der Waals surface area contributed by atoms with Gasteiger partial charge in [-0.05, 0) is 46.9 Å². The molecule has 20 heavy (non-hydrogen) atoms. The Hall–Kier alpha value is -1.16. The number of thiophene rings is 1. The van der Waals surface area contributed by atoms with E-state index in [-0.39, 0.29) is 6.04 Å². The molecule has 0 aliphatic carbocycles. The first-order valence-corrected chi connectivity index (χ1v) is 8.35. The van der Waals surface area contributed by atoms with Crippen molar-refractivity contribution in [2.75, 3.05) is 0 Å².